The van der Waals surface area contributed by atoms with Gasteiger partial charge in [0.2, 0.25) is 0 Å². The summed E-state index contributed by atoms with van der Waals surface area (Å²) in [6.07, 6.45) is 5.09. The average Bonchev–Trinajstić information content (AvgIpc) is 2.48. The molecule has 0 radical (unpaired) electrons. The van der Waals surface area contributed by atoms with Crippen molar-refractivity contribution in [2.75, 3.05) is 6.54 Å². The number of carbonyl (C=O) groups is 1. The maximum Gasteiger partial charge on any atom is 0.134 e. The number of piperidine rings is 1. The van der Waals surface area contributed by atoms with Gasteiger partial charge < -0.3 is 0 Å². The fourth-order valence-electron chi connectivity index (χ4n) is 3.08. The number of likely N-dealkylation sites (tertiary alicyclic amines) is 1. The van der Waals surface area contributed by atoms with Gasteiger partial charge in [0.25, 0.3) is 0 Å². The molecule has 1 aliphatic rings. The molecular formula is C17H25NO. The molecule has 1 saturated heterocycles. The Bertz CT molecular complexity index is 401. The van der Waals surface area contributed by atoms with Crippen LogP contribution >= 0.6 is 0 Å². The van der Waals surface area contributed by atoms with Gasteiger partial charge in [0, 0.05) is 24.9 Å². The molecule has 2 rings (SSSR count). The molecule has 2 heteroatoms. The Balaban J connectivity index is 2.08. The van der Waals surface area contributed by atoms with Crippen molar-refractivity contribution in [1.82, 2.24) is 4.90 Å². The molecule has 2 atom stereocenters. The van der Waals surface area contributed by atoms with Crippen LogP contribution in [0.1, 0.15) is 57.6 Å². The van der Waals surface area contributed by atoms with Crippen molar-refractivity contribution in [1.29, 1.82) is 0 Å². The van der Waals surface area contributed by atoms with Gasteiger partial charge in [0.1, 0.15) is 5.78 Å². The van der Waals surface area contributed by atoms with E-state index < -0.39 is 0 Å². The molecule has 1 aromatic carbocycles. The molecule has 1 heterocycles. The van der Waals surface area contributed by atoms with E-state index in [-0.39, 0.29) is 0 Å². The van der Waals surface area contributed by atoms with E-state index in [1.54, 1.807) is 0 Å². The molecule has 0 amide bonds. The molecule has 0 N–H and O–H groups in total. The molecule has 1 aromatic rings. The number of ketones is 1. The number of rotatable bonds is 5. The molecule has 1 aliphatic heterocycles. The molecule has 19 heavy (non-hydrogen) atoms. The van der Waals surface area contributed by atoms with E-state index >= 15 is 0 Å². The van der Waals surface area contributed by atoms with Crippen molar-refractivity contribution in [3.63, 3.8) is 0 Å². The first-order valence-electron chi connectivity index (χ1n) is 7.54. The Morgan fingerprint density at radius 2 is 2.05 bits per heavy atom. The van der Waals surface area contributed by atoms with Crippen LogP contribution < -0.4 is 0 Å². The van der Waals surface area contributed by atoms with Gasteiger partial charge in [-0.05, 0) is 31.9 Å². The van der Waals surface area contributed by atoms with Crippen LogP contribution in [0.5, 0.6) is 0 Å². The lowest BCUT2D eigenvalue weighted by atomic mass is 9.93. The maximum atomic E-state index is 11.8. The third-order valence-electron chi connectivity index (χ3n) is 4.31. The van der Waals surface area contributed by atoms with Gasteiger partial charge >= 0.3 is 0 Å². The fraction of sp³-hybridized carbons (Fsp3) is 0.588. The summed E-state index contributed by atoms with van der Waals surface area (Å²) >= 11 is 0. The van der Waals surface area contributed by atoms with E-state index in [0.717, 1.165) is 13.0 Å². The summed E-state index contributed by atoms with van der Waals surface area (Å²) in [5, 5.41) is 0. The number of benzene rings is 1. The normalized spacial score (nSPS) is 22.1. The summed E-state index contributed by atoms with van der Waals surface area (Å²) in [6.45, 7) is 5.36. The molecule has 0 unspecified atom stereocenters. The summed E-state index contributed by atoms with van der Waals surface area (Å²) in [7, 11) is 0. The summed E-state index contributed by atoms with van der Waals surface area (Å²) in [5.74, 6) is 0.400. The molecule has 0 spiro atoms. The van der Waals surface area contributed by atoms with Crippen molar-refractivity contribution in [2.24, 2.45) is 0 Å². The predicted molar refractivity (Wildman–Crippen MR) is 79.1 cm³/mol. The minimum atomic E-state index is 0.400. The summed E-state index contributed by atoms with van der Waals surface area (Å²) in [4.78, 5) is 14.3. The van der Waals surface area contributed by atoms with Gasteiger partial charge in [0.05, 0.1) is 0 Å². The predicted octanol–water partition coefficient (Wildman–Crippen LogP) is 3.97. The Morgan fingerprint density at radius 1 is 1.32 bits per heavy atom. The average molecular weight is 259 g/mol. The molecule has 1 fully saturated rings. The first kappa shape index (κ1) is 14.3. The minimum absolute atomic E-state index is 0.400. The number of nitrogens with zero attached hydrogens (tertiary/aromatic N) is 1. The highest BCUT2D eigenvalue weighted by Gasteiger charge is 2.28. The molecule has 0 bridgehead atoms. The second-order valence-corrected chi connectivity index (χ2v) is 5.57. The van der Waals surface area contributed by atoms with Crippen molar-refractivity contribution in [2.45, 2.75) is 58.0 Å². The van der Waals surface area contributed by atoms with Crippen LogP contribution in [0.15, 0.2) is 30.3 Å². The van der Waals surface area contributed by atoms with Crippen molar-refractivity contribution < 1.29 is 4.79 Å². The molecule has 2 nitrogen and oxygen atoms in total. The van der Waals surface area contributed by atoms with Gasteiger partial charge in [-0.25, -0.2) is 0 Å². The van der Waals surface area contributed by atoms with E-state index in [4.69, 9.17) is 0 Å². The van der Waals surface area contributed by atoms with Crippen molar-refractivity contribution >= 4 is 5.78 Å². The monoisotopic (exact) mass is 259 g/mol. The van der Waals surface area contributed by atoms with E-state index in [9.17, 15) is 4.79 Å². The molecule has 0 saturated carbocycles. The summed E-state index contributed by atoms with van der Waals surface area (Å²) in [5.41, 5.74) is 1.36. The largest absolute Gasteiger partial charge is 0.300 e. The van der Waals surface area contributed by atoms with Gasteiger partial charge in [-0.15, -0.1) is 0 Å². The zero-order valence-electron chi connectivity index (χ0n) is 12.1. The standard InChI is InChI=1S/C17H25NO/c1-3-17(19)13-16-11-7-8-12-18(16)14(2)15-9-5-4-6-10-15/h4-6,9-10,14,16H,3,7-8,11-13H2,1-2H3/t14-,16+/m1/s1. The van der Waals surface area contributed by atoms with E-state index in [1.807, 2.05) is 6.92 Å². The van der Waals surface area contributed by atoms with E-state index in [0.29, 0.717) is 24.3 Å². The number of hydrogen-bond acceptors (Lipinski definition) is 2. The van der Waals surface area contributed by atoms with Gasteiger partial charge in [-0.1, -0.05) is 43.7 Å². The first-order valence-corrected chi connectivity index (χ1v) is 7.54. The van der Waals surface area contributed by atoms with Crippen LogP contribution in [0, 0.1) is 0 Å². The quantitative estimate of drug-likeness (QED) is 0.797. The molecule has 0 aliphatic carbocycles. The second kappa shape index (κ2) is 6.85. The number of hydrogen-bond donors (Lipinski definition) is 0. The summed E-state index contributed by atoms with van der Waals surface area (Å²) in [6, 6.07) is 11.5. The van der Waals surface area contributed by atoms with Crippen molar-refractivity contribution in [3.8, 4) is 0 Å². The first-order chi connectivity index (χ1) is 9.22. The van der Waals surface area contributed by atoms with Gasteiger partial charge in [-0.2, -0.15) is 0 Å². The third-order valence-corrected chi connectivity index (χ3v) is 4.31. The molecule has 0 aromatic heterocycles. The van der Waals surface area contributed by atoms with Crippen LogP contribution in [-0.2, 0) is 4.79 Å². The number of Topliss-reactive ketones (excluding diaryl/α,β-unsaturated/α-hetero) is 1. The Hall–Kier alpha value is -1.15. The smallest absolute Gasteiger partial charge is 0.134 e. The highest BCUT2D eigenvalue weighted by Crippen LogP contribution is 2.29. The molecular weight excluding hydrogens is 234 g/mol. The SMILES string of the molecule is CCC(=O)C[C@@H]1CCCCN1[C@H](C)c1ccccc1. The summed E-state index contributed by atoms with van der Waals surface area (Å²) < 4.78 is 0. The van der Waals surface area contributed by atoms with Crippen LogP contribution in [-0.4, -0.2) is 23.3 Å². The van der Waals surface area contributed by atoms with Gasteiger partial charge in [0.15, 0.2) is 0 Å². The minimum Gasteiger partial charge on any atom is -0.300 e. The lowest BCUT2D eigenvalue weighted by Crippen LogP contribution is -2.42. The Morgan fingerprint density at radius 3 is 2.74 bits per heavy atom. The fourth-order valence-corrected chi connectivity index (χ4v) is 3.08. The highest BCUT2D eigenvalue weighted by molar-refractivity contribution is 5.78. The van der Waals surface area contributed by atoms with Crippen LogP contribution in [0.2, 0.25) is 0 Å². The maximum absolute atomic E-state index is 11.8. The van der Waals surface area contributed by atoms with E-state index in [1.165, 1.54) is 24.8 Å². The second-order valence-electron chi connectivity index (χ2n) is 5.57. The third kappa shape index (κ3) is 3.66. The van der Waals surface area contributed by atoms with Crippen molar-refractivity contribution in [3.05, 3.63) is 35.9 Å². The van der Waals surface area contributed by atoms with Crippen LogP contribution in [0.25, 0.3) is 0 Å². The lowest BCUT2D eigenvalue weighted by molar-refractivity contribution is -0.120. The Kier molecular flexibility index (Phi) is 5.15. The highest BCUT2D eigenvalue weighted by atomic mass is 16.1. The Labute approximate surface area is 116 Å². The number of carbonyl (C=O) groups excluding carboxylic acids is 1. The topological polar surface area (TPSA) is 20.3 Å². The van der Waals surface area contributed by atoms with Crippen LogP contribution in [0.4, 0.5) is 0 Å². The van der Waals surface area contributed by atoms with Crippen LogP contribution in [0.3, 0.4) is 0 Å². The molecule has 104 valence electrons. The van der Waals surface area contributed by atoms with E-state index in [2.05, 4.69) is 42.2 Å². The van der Waals surface area contributed by atoms with Gasteiger partial charge in [-0.3, -0.25) is 9.69 Å². The zero-order chi connectivity index (χ0) is 13.7. The lowest BCUT2D eigenvalue weighted by Gasteiger charge is -2.40. The zero-order valence-corrected chi connectivity index (χ0v) is 12.1.